The fourth-order valence-electron chi connectivity index (χ4n) is 8.68. The number of unbranched alkanes of at least 4 members (excludes halogenated alkanes) is 11. The van der Waals surface area contributed by atoms with Crippen LogP contribution in [0.1, 0.15) is 187 Å². The summed E-state index contributed by atoms with van der Waals surface area (Å²) < 4.78 is 13.9. The first-order chi connectivity index (χ1) is 30.9. The van der Waals surface area contributed by atoms with E-state index < -0.39 is 5.60 Å². The molecule has 13 heteroatoms. The average Bonchev–Trinajstić information content (AvgIpc) is 3.86. The Morgan fingerprint density at radius 3 is 2.22 bits per heavy atom. The van der Waals surface area contributed by atoms with Crippen LogP contribution in [0.3, 0.4) is 0 Å². The van der Waals surface area contributed by atoms with Gasteiger partial charge in [-0.2, -0.15) is 5.10 Å². The number of hydrogen-bond acceptors (Lipinski definition) is 7. The van der Waals surface area contributed by atoms with Gasteiger partial charge in [-0.3, -0.25) is 14.3 Å². The summed E-state index contributed by atoms with van der Waals surface area (Å²) in [6.45, 7) is 7.23. The van der Waals surface area contributed by atoms with Crippen LogP contribution >= 0.6 is 34.8 Å². The second kappa shape index (κ2) is 24.1. The number of carbonyl (C=O) groups is 2. The molecule has 2 aliphatic carbocycles. The van der Waals surface area contributed by atoms with Crippen molar-refractivity contribution in [2.24, 2.45) is 0 Å². The summed E-state index contributed by atoms with van der Waals surface area (Å²) in [6, 6.07) is 12.5. The van der Waals surface area contributed by atoms with Crippen LogP contribution in [0.15, 0.2) is 59.1 Å². The lowest BCUT2D eigenvalue weighted by Crippen LogP contribution is -2.41. The van der Waals surface area contributed by atoms with Crippen LogP contribution in [-0.4, -0.2) is 56.9 Å². The number of ether oxygens (including phenoxy) is 1. The molecule has 2 amide bonds. The molecule has 2 saturated carbocycles. The normalized spacial score (nSPS) is 17.3. The van der Waals surface area contributed by atoms with Gasteiger partial charge in [0.1, 0.15) is 29.5 Å². The van der Waals surface area contributed by atoms with Gasteiger partial charge in [-0.15, -0.1) is 0 Å². The van der Waals surface area contributed by atoms with E-state index in [-0.39, 0.29) is 36.3 Å². The molecule has 0 saturated heterocycles. The fraction of sp³-hybridized carbons (Fsp3) is 0.569. The number of rotatable bonds is 27. The minimum Gasteiger partial charge on any atom is -0.489 e. The SMILES string of the molecule is CCCCCCCCC=CCCCCCCCC(=O)N(C)CCNC(=O)c1cc(C2CC(O)(c3ccc(OCc4c(-c5c(Cl)cccc5Cl)noc4C4CC4)cc3Cl)C2)n(C(C)C)n1. The molecule has 0 atom stereocenters. The third-order valence-corrected chi connectivity index (χ3v) is 13.6. The second-order valence-corrected chi connectivity index (χ2v) is 19.4. The van der Waals surface area contributed by atoms with Gasteiger partial charge in [0.25, 0.3) is 5.91 Å². The van der Waals surface area contributed by atoms with Crippen molar-refractivity contribution in [3.05, 3.63) is 98.0 Å². The van der Waals surface area contributed by atoms with Crippen LogP contribution in [0.2, 0.25) is 15.1 Å². The Hall–Kier alpha value is -3.83. The highest BCUT2D eigenvalue weighted by Gasteiger charge is 2.47. The highest BCUT2D eigenvalue weighted by Crippen LogP contribution is 2.53. The van der Waals surface area contributed by atoms with Gasteiger partial charge in [0.2, 0.25) is 5.91 Å². The number of aromatic nitrogens is 3. The van der Waals surface area contributed by atoms with E-state index in [9.17, 15) is 14.7 Å². The first kappa shape index (κ1) is 49.6. The zero-order valence-electron chi connectivity index (χ0n) is 38.3. The lowest BCUT2D eigenvalue weighted by Gasteiger charge is -2.44. The van der Waals surface area contributed by atoms with Gasteiger partial charge in [-0.1, -0.05) is 123 Å². The molecule has 0 spiro atoms. The fourth-order valence-corrected chi connectivity index (χ4v) is 9.60. The van der Waals surface area contributed by atoms with Crippen LogP contribution < -0.4 is 10.1 Å². The lowest BCUT2D eigenvalue weighted by atomic mass is 9.66. The van der Waals surface area contributed by atoms with Crippen molar-refractivity contribution < 1.29 is 24.0 Å². The summed E-state index contributed by atoms with van der Waals surface area (Å²) in [7, 11) is 1.79. The minimum atomic E-state index is -1.16. The summed E-state index contributed by atoms with van der Waals surface area (Å²) in [5.74, 6) is 1.38. The number of halogens is 3. The third kappa shape index (κ3) is 13.4. The molecule has 0 bridgehead atoms. The maximum absolute atomic E-state index is 13.3. The summed E-state index contributed by atoms with van der Waals surface area (Å²) in [4.78, 5) is 27.7. The highest BCUT2D eigenvalue weighted by atomic mass is 35.5. The number of hydrogen-bond donors (Lipinski definition) is 2. The van der Waals surface area contributed by atoms with E-state index in [0.29, 0.717) is 75.7 Å². The van der Waals surface area contributed by atoms with E-state index in [4.69, 9.17) is 44.1 Å². The number of nitrogens with zero attached hydrogens (tertiary/aromatic N) is 4. The van der Waals surface area contributed by atoms with Crippen molar-refractivity contribution in [2.75, 3.05) is 20.1 Å². The molecule has 2 fully saturated rings. The van der Waals surface area contributed by atoms with Gasteiger partial charge in [-0.05, 0) is 102 Å². The van der Waals surface area contributed by atoms with Crippen LogP contribution in [0.4, 0.5) is 0 Å². The standard InChI is InChI=1S/C51H68Cl3N5O5/c1-5-6-7-8-9-10-11-12-13-14-15-16-17-18-19-23-46(60)58(4)29-28-55-50(61)44-31-45(59(56-44)35(2)3)37-32-51(62,33-37)40-27-26-38(30-43(40)54)63-34-39-48(57-64-49(39)36-24-25-36)47-41(52)21-20-22-42(47)53/h12-13,20-22,26-27,30-31,35-37,62H,5-11,14-19,23-25,28-29,32-34H2,1-4H3,(H,55,61). The molecule has 6 rings (SSSR count). The van der Waals surface area contributed by atoms with Crippen molar-refractivity contribution in [1.82, 2.24) is 25.2 Å². The molecule has 2 N–H and O–H groups in total. The highest BCUT2D eigenvalue weighted by molar-refractivity contribution is 6.39. The number of amides is 2. The Morgan fingerprint density at radius 1 is 0.922 bits per heavy atom. The number of nitrogens with one attached hydrogen (secondary N) is 1. The molecule has 348 valence electrons. The van der Waals surface area contributed by atoms with Crippen LogP contribution in [0, 0.1) is 0 Å². The van der Waals surface area contributed by atoms with Gasteiger partial charge >= 0.3 is 0 Å². The molecule has 4 aromatic rings. The molecule has 2 aromatic carbocycles. The maximum Gasteiger partial charge on any atom is 0.271 e. The molecule has 2 aromatic heterocycles. The molecule has 2 aliphatic rings. The van der Waals surface area contributed by atoms with E-state index in [2.05, 4.69) is 34.6 Å². The van der Waals surface area contributed by atoms with E-state index in [0.717, 1.165) is 55.5 Å². The number of aliphatic hydroxyl groups is 1. The predicted molar refractivity (Wildman–Crippen MR) is 258 cm³/mol. The van der Waals surface area contributed by atoms with Gasteiger partial charge < -0.3 is 24.6 Å². The molecular weight excluding hydrogens is 869 g/mol. The zero-order valence-corrected chi connectivity index (χ0v) is 40.5. The zero-order chi connectivity index (χ0) is 45.6. The number of benzene rings is 2. The average molecular weight is 937 g/mol. The maximum atomic E-state index is 13.3. The monoisotopic (exact) mass is 935 g/mol. The van der Waals surface area contributed by atoms with E-state index >= 15 is 0 Å². The summed E-state index contributed by atoms with van der Waals surface area (Å²) >= 11 is 19.9. The molecule has 0 radical (unpaired) electrons. The minimum absolute atomic E-state index is 0.00545. The number of carbonyl (C=O) groups excluding carboxylic acids is 2. The van der Waals surface area contributed by atoms with Crippen LogP contribution in [0.25, 0.3) is 11.3 Å². The van der Waals surface area contributed by atoms with Crippen molar-refractivity contribution in [1.29, 1.82) is 0 Å². The molecule has 2 heterocycles. The molecular formula is C51H68Cl3N5O5. The first-order valence-corrected chi connectivity index (χ1v) is 24.9. The quantitative estimate of drug-likeness (QED) is 0.0451. The van der Waals surface area contributed by atoms with Crippen LogP contribution in [0.5, 0.6) is 5.75 Å². The van der Waals surface area contributed by atoms with Gasteiger partial charge in [-0.25, -0.2) is 0 Å². The Balaban J connectivity index is 0.921. The largest absolute Gasteiger partial charge is 0.489 e. The topological polar surface area (TPSA) is 123 Å². The van der Waals surface area contributed by atoms with E-state index in [1.54, 1.807) is 36.2 Å². The predicted octanol–water partition coefficient (Wildman–Crippen LogP) is 13.5. The van der Waals surface area contributed by atoms with Crippen molar-refractivity contribution >= 4 is 46.6 Å². The van der Waals surface area contributed by atoms with Crippen molar-refractivity contribution in [2.45, 2.75) is 166 Å². The first-order valence-electron chi connectivity index (χ1n) is 23.7. The Bertz CT molecular complexity index is 2150. The van der Waals surface area contributed by atoms with Crippen molar-refractivity contribution in [3.63, 3.8) is 0 Å². The smallest absolute Gasteiger partial charge is 0.271 e. The summed E-state index contributed by atoms with van der Waals surface area (Å²) in [5.41, 5.74) is 2.65. The van der Waals surface area contributed by atoms with Crippen molar-refractivity contribution in [3.8, 4) is 17.0 Å². The molecule has 0 unspecified atom stereocenters. The third-order valence-electron chi connectivity index (χ3n) is 12.7. The summed E-state index contributed by atoms with van der Waals surface area (Å²) in [6.07, 6.45) is 24.0. The van der Waals surface area contributed by atoms with Gasteiger partial charge in [0.15, 0.2) is 0 Å². The van der Waals surface area contributed by atoms with Gasteiger partial charge in [0, 0.05) is 61.3 Å². The Morgan fingerprint density at radius 2 is 1.58 bits per heavy atom. The van der Waals surface area contributed by atoms with E-state index in [1.165, 1.54) is 57.8 Å². The second-order valence-electron chi connectivity index (χ2n) is 18.2. The molecule has 64 heavy (non-hydrogen) atoms. The summed E-state index contributed by atoms with van der Waals surface area (Å²) in [5, 5.41) is 25.1. The molecule has 0 aliphatic heterocycles. The number of allylic oxidation sites excluding steroid dienone is 2. The Kier molecular flexibility index (Phi) is 18.7. The van der Waals surface area contributed by atoms with Gasteiger partial charge in [0.05, 0.1) is 26.2 Å². The van der Waals surface area contributed by atoms with E-state index in [1.807, 2.05) is 36.7 Å². The molecule has 10 nitrogen and oxygen atoms in total. The number of likely N-dealkylation sites (N-methyl/N-ethyl adjacent to an activating group) is 1. The Labute approximate surface area is 395 Å². The van der Waals surface area contributed by atoms with Crippen LogP contribution in [-0.2, 0) is 17.0 Å². The lowest BCUT2D eigenvalue weighted by molar-refractivity contribution is -0.129.